The molecule has 3 aromatic carbocycles. The minimum absolute atomic E-state index is 0.0420. The van der Waals surface area contributed by atoms with E-state index in [0.29, 0.717) is 28.7 Å². The third kappa shape index (κ3) is 4.83. The lowest BCUT2D eigenvalue weighted by atomic mass is 9.84. The van der Waals surface area contributed by atoms with Gasteiger partial charge < -0.3 is 25.3 Å². The number of nitrogens with two attached hydrogens (primary N) is 1. The molecule has 39 heavy (non-hydrogen) atoms. The summed E-state index contributed by atoms with van der Waals surface area (Å²) in [5.41, 5.74) is 12.2. The lowest BCUT2D eigenvalue weighted by Gasteiger charge is -2.38. The Balaban J connectivity index is 1.74. The molecule has 1 amide bonds. The van der Waals surface area contributed by atoms with Crippen molar-refractivity contribution in [3.8, 4) is 16.8 Å². The van der Waals surface area contributed by atoms with Crippen LogP contribution in [0.4, 0.5) is 10.1 Å². The van der Waals surface area contributed by atoms with E-state index >= 15 is 0 Å². The molecule has 1 saturated heterocycles. The van der Waals surface area contributed by atoms with E-state index in [-0.39, 0.29) is 11.7 Å². The first-order valence-electron chi connectivity index (χ1n) is 12.8. The summed E-state index contributed by atoms with van der Waals surface area (Å²) in [7, 11) is 1.68. The molecule has 1 aromatic heterocycles. The topological polar surface area (TPSA) is 84.3 Å². The second-order valence-electron chi connectivity index (χ2n) is 10.6. The van der Waals surface area contributed by atoms with Crippen LogP contribution in [0.15, 0.2) is 60.7 Å². The molecule has 0 atom stereocenters. The number of ether oxygens (including phenoxy) is 1. The van der Waals surface area contributed by atoms with Crippen molar-refractivity contribution in [3.05, 3.63) is 83.3 Å². The van der Waals surface area contributed by atoms with E-state index in [4.69, 9.17) is 15.9 Å². The maximum Gasteiger partial charge on any atom is 0.253 e. The summed E-state index contributed by atoms with van der Waals surface area (Å²) in [6.07, 6.45) is 3.32. The van der Waals surface area contributed by atoms with Gasteiger partial charge in [-0.2, -0.15) is 11.8 Å². The first-order valence-corrected chi connectivity index (χ1v) is 14.1. The Kier molecular flexibility index (Phi) is 7.27. The van der Waals surface area contributed by atoms with Gasteiger partial charge in [-0.1, -0.05) is 26.0 Å². The Morgan fingerprint density at radius 1 is 1.15 bits per heavy atom. The Hall–Kier alpha value is -3.62. The number of aromatic nitrogens is 1. The smallest absolute Gasteiger partial charge is 0.253 e. The number of nitrogens with one attached hydrogen (secondary N) is 1. The minimum Gasteiger partial charge on any atom is -0.398 e. The van der Waals surface area contributed by atoms with Gasteiger partial charge in [0.1, 0.15) is 5.82 Å². The van der Waals surface area contributed by atoms with Gasteiger partial charge in [0.15, 0.2) is 0 Å². The van der Waals surface area contributed by atoms with E-state index < -0.39 is 5.41 Å². The molecule has 0 bridgehead atoms. The first-order chi connectivity index (χ1) is 18.7. The highest BCUT2D eigenvalue weighted by Gasteiger charge is 2.33. The predicted octanol–water partition coefficient (Wildman–Crippen LogP) is 6.13. The molecule has 3 N–H and O–H groups in total. The molecular formula is C31H33FN4O2S. The lowest BCUT2D eigenvalue weighted by molar-refractivity contribution is 0.0664. The maximum absolute atomic E-state index is 13.9. The highest BCUT2D eigenvalue weighted by atomic mass is 32.2. The van der Waals surface area contributed by atoms with Crippen molar-refractivity contribution < 1.29 is 13.9 Å². The van der Waals surface area contributed by atoms with Crippen molar-refractivity contribution in [2.75, 3.05) is 38.8 Å². The highest BCUT2D eigenvalue weighted by Crippen LogP contribution is 2.44. The van der Waals surface area contributed by atoms with Gasteiger partial charge >= 0.3 is 0 Å². The average Bonchev–Trinajstić information content (AvgIpc) is 3.22. The van der Waals surface area contributed by atoms with Gasteiger partial charge in [-0.25, -0.2) is 4.39 Å². The molecule has 0 saturated carbocycles. The van der Waals surface area contributed by atoms with E-state index in [1.54, 1.807) is 31.0 Å². The zero-order chi connectivity index (χ0) is 27.9. The molecule has 5 rings (SSSR count). The summed E-state index contributed by atoms with van der Waals surface area (Å²) in [6, 6.07) is 17.9. The van der Waals surface area contributed by atoms with Crippen molar-refractivity contribution in [2.45, 2.75) is 24.5 Å². The van der Waals surface area contributed by atoms with Crippen LogP contribution in [-0.2, 0) is 10.2 Å². The Morgan fingerprint density at radius 2 is 1.82 bits per heavy atom. The van der Waals surface area contributed by atoms with Crippen molar-refractivity contribution in [2.24, 2.45) is 0 Å². The highest BCUT2D eigenvalue weighted by molar-refractivity contribution is 7.99. The number of hydrogen-bond donors (Lipinski definition) is 2. The molecule has 6 nitrogen and oxygen atoms in total. The van der Waals surface area contributed by atoms with Crippen LogP contribution < -0.4 is 5.73 Å². The van der Waals surface area contributed by atoms with Crippen molar-refractivity contribution in [1.29, 1.82) is 5.41 Å². The number of nitrogens with zero attached hydrogens (tertiary/aromatic N) is 2. The van der Waals surface area contributed by atoms with Crippen LogP contribution in [0.25, 0.3) is 27.7 Å². The Bertz CT molecular complexity index is 1540. The summed E-state index contributed by atoms with van der Waals surface area (Å²) < 4.78 is 21.7. The lowest BCUT2D eigenvalue weighted by Crippen LogP contribution is -2.51. The molecule has 2 heterocycles. The van der Waals surface area contributed by atoms with Crippen LogP contribution in [0.5, 0.6) is 0 Å². The standard InChI is InChI=1S/C31H33FN4O2S/c1-31(2,18-38-3)29-28(19-5-7-20(8-6-19)30(37)35-16-24(17-35)39-4)25-14-26(34)21(15-33)13-27(25)36(29)23-11-9-22(32)10-12-23/h5-15,24,33H,16-18,34H2,1-4H3. The fraction of sp³-hybridized carbons (Fsp3) is 0.290. The summed E-state index contributed by atoms with van der Waals surface area (Å²) in [6.45, 7) is 6.21. The van der Waals surface area contributed by atoms with Crippen molar-refractivity contribution in [3.63, 3.8) is 0 Å². The number of benzene rings is 3. The number of thioether (sulfide) groups is 1. The molecule has 4 aromatic rings. The minimum atomic E-state index is -0.462. The van der Waals surface area contributed by atoms with Crippen LogP contribution in [0.1, 0.15) is 35.5 Å². The third-order valence-corrected chi connectivity index (χ3v) is 8.41. The van der Waals surface area contributed by atoms with Crippen molar-refractivity contribution >= 4 is 40.5 Å². The number of fused-ring (bicyclic) bond motifs is 1. The molecule has 0 spiro atoms. The second-order valence-corrected chi connectivity index (χ2v) is 11.8. The molecule has 1 aliphatic rings. The number of halogens is 1. The molecule has 0 radical (unpaired) electrons. The zero-order valence-electron chi connectivity index (χ0n) is 22.6. The van der Waals surface area contributed by atoms with Gasteiger partial charge in [0.2, 0.25) is 0 Å². The summed E-state index contributed by atoms with van der Waals surface area (Å²) in [5.74, 6) is -0.274. The molecule has 0 unspecified atom stereocenters. The van der Waals surface area contributed by atoms with Gasteiger partial charge in [-0.05, 0) is 60.4 Å². The average molecular weight is 545 g/mol. The van der Waals surface area contributed by atoms with Crippen LogP contribution in [-0.4, -0.2) is 59.9 Å². The molecule has 8 heteroatoms. The predicted molar refractivity (Wildman–Crippen MR) is 159 cm³/mol. The summed E-state index contributed by atoms with van der Waals surface area (Å²) in [4.78, 5) is 14.9. The van der Waals surface area contributed by atoms with Gasteiger partial charge in [-0.15, -0.1) is 0 Å². The monoisotopic (exact) mass is 544 g/mol. The molecule has 1 fully saturated rings. The number of nitrogen functional groups attached to an aromatic ring is 1. The second kappa shape index (κ2) is 10.5. The Labute approximate surface area is 232 Å². The first kappa shape index (κ1) is 27.0. The normalized spacial score (nSPS) is 14.0. The number of anilines is 1. The molecule has 1 aliphatic heterocycles. The number of carbonyl (C=O) groups is 1. The number of amides is 1. The van der Waals surface area contributed by atoms with Crippen molar-refractivity contribution in [1.82, 2.24) is 9.47 Å². The van der Waals surface area contributed by atoms with E-state index in [9.17, 15) is 9.18 Å². The number of rotatable bonds is 8. The number of carbonyl (C=O) groups excluding carboxylic acids is 1. The Morgan fingerprint density at radius 3 is 2.41 bits per heavy atom. The SMILES string of the molecule is COCC(C)(C)c1c(-c2ccc(C(=O)N3CC(SC)C3)cc2)c2cc(N)c(C=N)cc2n1-c1ccc(F)cc1. The van der Waals surface area contributed by atoms with Gasteiger partial charge in [0.05, 0.1) is 12.1 Å². The van der Waals surface area contributed by atoms with Gasteiger partial charge in [-0.3, -0.25) is 4.79 Å². The fourth-order valence-corrected chi connectivity index (χ4v) is 6.09. The van der Waals surface area contributed by atoms with Crippen LogP contribution in [0.3, 0.4) is 0 Å². The van der Waals surface area contributed by atoms with E-state index in [1.807, 2.05) is 41.3 Å². The maximum atomic E-state index is 13.9. The van der Waals surface area contributed by atoms with Crippen LogP contribution >= 0.6 is 11.8 Å². The molecule has 202 valence electrons. The summed E-state index contributed by atoms with van der Waals surface area (Å²) in [5, 5.41) is 9.31. The third-order valence-electron chi connectivity index (χ3n) is 7.45. The number of hydrogen-bond acceptors (Lipinski definition) is 5. The zero-order valence-corrected chi connectivity index (χ0v) is 23.4. The van der Waals surface area contributed by atoms with E-state index in [0.717, 1.165) is 46.5 Å². The van der Waals surface area contributed by atoms with Gasteiger partial charge in [0.25, 0.3) is 5.91 Å². The van der Waals surface area contributed by atoms with Crippen LogP contribution in [0, 0.1) is 11.2 Å². The summed E-state index contributed by atoms with van der Waals surface area (Å²) >= 11 is 1.79. The largest absolute Gasteiger partial charge is 0.398 e. The molecule has 0 aliphatic carbocycles. The fourth-order valence-electron chi connectivity index (χ4n) is 5.43. The van der Waals surface area contributed by atoms with Crippen LogP contribution in [0.2, 0.25) is 0 Å². The van der Waals surface area contributed by atoms with E-state index in [1.165, 1.54) is 18.3 Å². The quantitative estimate of drug-likeness (QED) is 0.207. The number of methoxy groups -OCH3 is 1. The van der Waals surface area contributed by atoms with E-state index in [2.05, 4.69) is 24.7 Å². The number of likely N-dealkylation sites (tertiary alicyclic amines) is 1. The van der Waals surface area contributed by atoms with Gasteiger partial charge in [0, 0.05) is 76.2 Å². The molecular weight excluding hydrogens is 511 g/mol.